The Kier molecular flexibility index (Phi) is 5.08. The Morgan fingerprint density at radius 1 is 1.47 bits per heavy atom. The van der Waals surface area contributed by atoms with Gasteiger partial charge in [0.15, 0.2) is 0 Å². The van der Waals surface area contributed by atoms with Gasteiger partial charge in [-0.15, -0.1) is 11.8 Å². The average Bonchev–Trinajstić information content (AvgIpc) is 2.14. The molecule has 0 spiro atoms. The van der Waals surface area contributed by atoms with Crippen LogP contribution in [0.1, 0.15) is 0 Å². The summed E-state index contributed by atoms with van der Waals surface area (Å²) in [5.74, 6) is -0.122. The minimum absolute atomic E-state index is 0.00517. The van der Waals surface area contributed by atoms with E-state index in [1.54, 1.807) is 18.2 Å². The summed E-state index contributed by atoms with van der Waals surface area (Å²) < 4.78 is 5.25. The van der Waals surface area contributed by atoms with Crippen LogP contribution in [0.5, 0.6) is 5.75 Å². The van der Waals surface area contributed by atoms with Crippen molar-refractivity contribution in [2.75, 3.05) is 11.7 Å². The van der Waals surface area contributed by atoms with Gasteiger partial charge in [-0.2, -0.15) is 0 Å². The molecular formula is C9H8Cl2O3S. The number of ether oxygens (including phenoxy) is 1. The first-order valence-corrected chi connectivity index (χ1v) is 5.88. The second-order valence-electron chi connectivity index (χ2n) is 2.58. The van der Waals surface area contributed by atoms with E-state index < -0.39 is 5.97 Å². The van der Waals surface area contributed by atoms with Crippen LogP contribution >= 0.6 is 35.0 Å². The first-order chi connectivity index (χ1) is 7.09. The normalized spacial score (nSPS) is 10.0. The van der Waals surface area contributed by atoms with Crippen molar-refractivity contribution >= 4 is 40.9 Å². The lowest BCUT2D eigenvalue weighted by Crippen LogP contribution is -2.02. The summed E-state index contributed by atoms with van der Waals surface area (Å²) in [6.07, 6.45) is 0. The first kappa shape index (κ1) is 12.5. The van der Waals surface area contributed by atoms with Crippen LogP contribution in [-0.4, -0.2) is 22.8 Å². The largest absolute Gasteiger partial charge is 0.481 e. The van der Waals surface area contributed by atoms with Crippen LogP contribution in [0.2, 0.25) is 10.0 Å². The third-order valence-corrected chi connectivity index (χ3v) is 2.68. The number of rotatable bonds is 5. The lowest BCUT2D eigenvalue weighted by molar-refractivity contribution is -0.133. The van der Waals surface area contributed by atoms with Crippen molar-refractivity contribution in [1.82, 2.24) is 0 Å². The van der Waals surface area contributed by atoms with Crippen molar-refractivity contribution in [1.29, 1.82) is 0 Å². The molecule has 1 N–H and O–H groups in total. The molecule has 0 saturated heterocycles. The monoisotopic (exact) mass is 266 g/mol. The van der Waals surface area contributed by atoms with Crippen LogP contribution in [0.15, 0.2) is 18.2 Å². The van der Waals surface area contributed by atoms with Crippen molar-refractivity contribution in [3.8, 4) is 5.75 Å². The highest BCUT2D eigenvalue weighted by Crippen LogP contribution is 2.27. The van der Waals surface area contributed by atoms with Crippen molar-refractivity contribution in [2.24, 2.45) is 0 Å². The molecule has 0 unspecified atom stereocenters. The van der Waals surface area contributed by atoms with Crippen LogP contribution in [-0.2, 0) is 4.79 Å². The van der Waals surface area contributed by atoms with Crippen molar-refractivity contribution < 1.29 is 14.6 Å². The highest BCUT2D eigenvalue weighted by atomic mass is 35.5. The summed E-state index contributed by atoms with van der Waals surface area (Å²) in [4.78, 5) is 10.2. The summed E-state index contributed by atoms with van der Waals surface area (Å²) in [5.41, 5.74) is 0. The van der Waals surface area contributed by atoms with Crippen molar-refractivity contribution in [3.05, 3.63) is 28.2 Å². The number of carbonyl (C=O) groups is 1. The third kappa shape index (κ3) is 4.64. The van der Waals surface area contributed by atoms with Gasteiger partial charge in [0.2, 0.25) is 0 Å². The molecule has 1 aromatic rings. The average molecular weight is 267 g/mol. The fraction of sp³-hybridized carbons (Fsp3) is 0.222. The van der Waals surface area contributed by atoms with E-state index in [2.05, 4.69) is 0 Å². The Morgan fingerprint density at radius 3 is 2.80 bits per heavy atom. The van der Waals surface area contributed by atoms with Crippen LogP contribution in [0.25, 0.3) is 0 Å². The summed E-state index contributed by atoms with van der Waals surface area (Å²) in [6.45, 7) is 0. The predicted molar refractivity (Wildman–Crippen MR) is 62.1 cm³/mol. The number of carboxylic acid groups (broad SMARTS) is 1. The zero-order valence-corrected chi connectivity index (χ0v) is 9.90. The minimum atomic E-state index is -0.870. The first-order valence-electron chi connectivity index (χ1n) is 3.97. The number of halogens is 2. The van der Waals surface area contributed by atoms with E-state index in [4.69, 9.17) is 33.0 Å². The topological polar surface area (TPSA) is 46.5 Å². The number of hydrogen-bond donors (Lipinski definition) is 1. The van der Waals surface area contributed by atoms with E-state index in [9.17, 15) is 4.79 Å². The molecule has 82 valence electrons. The summed E-state index contributed by atoms with van der Waals surface area (Å²) in [6, 6.07) is 4.87. The van der Waals surface area contributed by atoms with Gasteiger partial charge in [-0.05, 0) is 18.2 Å². The molecule has 0 aliphatic carbocycles. The highest BCUT2D eigenvalue weighted by Gasteiger charge is 2.03. The molecule has 0 heterocycles. The Balaban J connectivity index is 2.40. The van der Waals surface area contributed by atoms with Gasteiger partial charge in [0.1, 0.15) is 11.7 Å². The van der Waals surface area contributed by atoms with Gasteiger partial charge < -0.3 is 9.84 Å². The number of benzene rings is 1. The third-order valence-electron chi connectivity index (χ3n) is 1.42. The lowest BCUT2D eigenvalue weighted by Gasteiger charge is -2.06. The van der Waals surface area contributed by atoms with E-state index >= 15 is 0 Å². The van der Waals surface area contributed by atoms with Gasteiger partial charge >= 0.3 is 5.97 Å². The van der Waals surface area contributed by atoms with E-state index in [0.717, 1.165) is 11.8 Å². The Hall–Kier alpha value is -0.580. The molecule has 1 rings (SSSR count). The SMILES string of the molecule is O=C(O)CSCOc1ccc(Cl)cc1Cl. The van der Waals surface area contributed by atoms with Gasteiger partial charge in [0, 0.05) is 5.02 Å². The molecule has 3 nitrogen and oxygen atoms in total. The zero-order chi connectivity index (χ0) is 11.3. The number of thioether (sulfide) groups is 1. The lowest BCUT2D eigenvalue weighted by atomic mass is 10.3. The predicted octanol–water partition coefficient (Wildman–Crippen LogP) is 3.15. The molecule has 0 atom stereocenters. The molecule has 0 bridgehead atoms. The van der Waals surface area contributed by atoms with E-state index in [1.165, 1.54) is 0 Å². The molecule has 0 saturated carbocycles. The van der Waals surface area contributed by atoms with Gasteiger partial charge in [-0.25, -0.2) is 0 Å². The molecule has 1 aromatic carbocycles. The van der Waals surface area contributed by atoms with Crippen LogP contribution in [0.3, 0.4) is 0 Å². The second-order valence-corrected chi connectivity index (χ2v) is 4.36. The fourth-order valence-corrected chi connectivity index (χ4v) is 1.76. The molecule has 0 aliphatic rings. The van der Waals surface area contributed by atoms with E-state index in [-0.39, 0.29) is 11.7 Å². The Labute approximate surface area is 101 Å². The molecule has 0 aliphatic heterocycles. The maximum Gasteiger partial charge on any atom is 0.313 e. The molecule has 15 heavy (non-hydrogen) atoms. The van der Waals surface area contributed by atoms with Gasteiger partial charge in [0.25, 0.3) is 0 Å². The maximum absolute atomic E-state index is 10.2. The number of carboxylic acids is 1. The molecule has 0 fully saturated rings. The Morgan fingerprint density at radius 2 is 2.20 bits per heavy atom. The zero-order valence-electron chi connectivity index (χ0n) is 7.57. The van der Waals surface area contributed by atoms with E-state index in [1.807, 2.05) is 0 Å². The molecule has 0 amide bonds. The van der Waals surface area contributed by atoms with Gasteiger partial charge in [-0.1, -0.05) is 23.2 Å². The van der Waals surface area contributed by atoms with E-state index in [0.29, 0.717) is 15.8 Å². The van der Waals surface area contributed by atoms with Crippen LogP contribution in [0, 0.1) is 0 Å². The summed E-state index contributed by atoms with van der Waals surface area (Å²) in [5, 5.41) is 9.33. The summed E-state index contributed by atoms with van der Waals surface area (Å²) in [7, 11) is 0. The quantitative estimate of drug-likeness (QED) is 0.657. The molecular weight excluding hydrogens is 259 g/mol. The second kappa shape index (κ2) is 6.10. The highest BCUT2D eigenvalue weighted by molar-refractivity contribution is 7.99. The molecule has 0 radical (unpaired) electrons. The smallest absolute Gasteiger partial charge is 0.313 e. The fourth-order valence-electron chi connectivity index (χ4n) is 0.826. The van der Waals surface area contributed by atoms with Crippen molar-refractivity contribution in [3.63, 3.8) is 0 Å². The van der Waals surface area contributed by atoms with Crippen molar-refractivity contribution in [2.45, 2.75) is 0 Å². The standard InChI is InChI=1S/C9H8Cl2O3S/c10-6-1-2-8(7(11)3-6)14-5-15-4-9(12)13/h1-3H,4-5H2,(H,12,13). The number of hydrogen-bond acceptors (Lipinski definition) is 3. The van der Waals surface area contributed by atoms with Gasteiger partial charge in [0.05, 0.1) is 10.8 Å². The van der Waals surface area contributed by atoms with Gasteiger partial charge in [-0.3, -0.25) is 4.79 Å². The number of aliphatic carboxylic acids is 1. The van der Waals surface area contributed by atoms with Crippen LogP contribution in [0.4, 0.5) is 0 Å². The summed E-state index contributed by atoms with van der Waals surface area (Å²) >= 11 is 12.7. The van der Waals surface area contributed by atoms with Crippen LogP contribution < -0.4 is 4.74 Å². The molecule has 6 heteroatoms. The maximum atomic E-state index is 10.2. The minimum Gasteiger partial charge on any atom is -0.481 e. The Bertz CT molecular complexity index is 357. The molecule has 0 aromatic heterocycles.